The molecule has 1 rings (SSSR count). The normalized spacial score (nSPS) is 13.8. The average molecular weight is 307 g/mol. The minimum absolute atomic E-state index is 0.0392. The van der Waals surface area contributed by atoms with Crippen molar-refractivity contribution < 1.29 is 14.6 Å². The molecule has 0 fully saturated rings. The quantitative estimate of drug-likeness (QED) is 0.776. The predicted octanol–water partition coefficient (Wildman–Crippen LogP) is 3.02. The van der Waals surface area contributed by atoms with Crippen molar-refractivity contribution >= 4 is 5.91 Å². The first-order chi connectivity index (χ1) is 10.3. The number of hydrogen-bond donors (Lipinski definition) is 2. The molecule has 2 N–H and O–H groups in total. The van der Waals surface area contributed by atoms with Gasteiger partial charge in [-0.25, -0.2) is 0 Å². The Morgan fingerprint density at radius 1 is 1.27 bits per heavy atom. The van der Waals surface area contributed by atoms with E-state index < -0.39 is 0 Å². The summed E-state index contributed by atoms with van der Waals surface area (Å²) >= 11 is 0. The summed E-state index contributed by atoms with van der Waals surface area (Å²) in [5.41, 5.74) is 2.31. The molecule has 2 atom stereocenters. The molecule has 0 radical (unpaired) electrons. The fourth-order valence-corrected chi connectivity index (χ4v) is 2.12. The molecule has 4 heteroatoms. The van der Waals surface area contributed by atoms with Gasteiger partial charge in [0.2, 0.25) is 5.91 Å². The molecule has 4 nitrogen and oxygen atoms in total. The molecule has 0 aliphatic heterocycles. The Morgan fingerprint density at radius 3 is 2.55 bits per heavy atom. The van der Waals surface area contributed by atoms with Gasteiger partial charge in [0.1, 0.15) is 5.75 Å². The van der Waals surface area contributed by atoms with Gasteiger partial charge in [0.25, 0.3) is 0 Å². The summed E-state index contributed by atoms with van der Waals surface area (Å²) in [6, 6.07) is 6.14. The van der Waals surface area contributed by atoms with Crippen molar-refractivity contribution in [1.29, 1.82) is 0 Å². The van der Waals surface area contributed by atoms with Crippen LogP contribution in [-0.4, -0.2) is 30.3 Å². The van der Waals surface area contributed by atoms with Crippen LogP contribution in [0.2, 0.25) is 0 Å². The van der Waals surface area contributed by atoms with Crippen molar-refractivity contribution in [3.05, 3.63) is 29.3 Å². The highest BCUT2D eigenvalue weighted by Crippen LogP contribution is 2.27. The van der Waals surface area contributed by atoms with Crippen LogP contribution in [0.5, 0.6) is 5.75 Å². The summed E-state index contributed by atoms with van der Waals surface area (Å²) in [6.07, 6.45) is 0.313. The third-order valence-corrected chi connectivity index (χ3v) is 3.91. The van der Waals surface area contributed by atoms with Gasteiger partial charge >= 0.3 is 0 Å². The predicted molar refractivity (Wildman–Crippen MR) is 89.2 cm³/mol. The molecule has 0 saturated carbocycles. The maximum atomic E-state index is 11.9. The largest absolute Gasteiger partial charge is 0.493 e. The molecule has 1 amide bonds. The summed E-state index contributed by atoms with van der Waals surface area (Å²) in [4.78, 5) is 11.9. The number of aryl methyl sites for hydroxylation is 1. The summed E-state index contributed by atoms with van der Waals surface area (Å²) in [5, 5.41) is 12.0. The molecule has 0 bridgehead atoms. The molecular weight excluding hydrogens is 278 g/mol. The van der Waals surface area contributed by atoms with Crippen LogP contribution in [0.15, 0.2) is 18.2 Å². The van der Waals surface area contributed by atoms with E-state index in [0.29, 0.717) is 18.9 Å². The van der Waals surface area contributed by atoms with E-state index in [1.165, 1.54) is 0 Å². The van der Waals surface area contributed by atoms with Gasteiger partial charge in [0.05, 0.1) is 13.0 Å². The SMILES string of the molecule is Cc1ccc(C(C)C)c(OCCC(=O)NC(C)C(C)CO)c1. The minimum Gasteiger partial charge on any atom is -0.493 e. The van der Waals surface area contributed by atoms with E-state index >= 15 is 0 Å². The average Bonchev–Trinajstić information content (AvgIpc) is 2.45. The van der Waals surface area contributed by atoms with E-state index in [9.17, 15) is 4.79 Å². The monoisotopic (exact) mass is 307 g/mol. The second kappa shape index (κ2) is 8.79. The van der Waals surface area contributed by atoms with Crippen LogP contribution < -0.4 is 10.1 Å². The lowest BCUT2D eigenvalue weighted by Gasteiger charge is -2.19. The summed E-state index contributed by atoms with van der Waals surface area (Å²) in [6.45, 7) is 10.5. The standard InChI is InChI=1S/C18H29NO3/c1-12(2)16-7-6-13(3)10-17(16)22-9-8-18(21)19-15(5)14(4)11-20/h6-7,10,12,14-15,20H,8-9,11H2,1-5H3,(H,19,21). The number of amides is 1. The second-order valence-corrected chi connectivity index (χ2v) is 6.31. The van der Waals surface area contributed by atoms with Gasteiger partial charge < -0.3 is 15.2 Å². The zero-order chi connectivity index (χ0) is 16.7. The first-order valence-corrected chi connectivity index (χ1v) is 7.98. The number of aliphatic hydroxyl groups is 1. The summed E-state index contributed by atoms with van der Waals surface area (Å²) in [5.74, 6) is 1.25. The summed E-state index contributed by atoms with van der Waals surface area (Å²) in [7, 11) is 0. The molecule has 0 spiro atoms. The Kier molecular flexibility index (Phi) is 7.39. The number of carbonyl (C=O) groups excluding carboxylic acids is 1. The molecule has 124 valence electrons. The maximum Gasteiger partial charge on any atom is 0.223 e. The molecule has 0 aliphatic carbocycles. The highest BCUT2D eigenvalue weighted by Gasteiger charge is 2.14. The minimum atomic E-state index is -0.0495. The van der Waals surface area contributed by atoms with E-state index in [1.807, 2.05) is 26.8 Å². The maximum absolute atomic E-state index is 11.9. The van der Waals surface area contributed by atoms with Gasteiger partial charge in [-0.3, -0.25) is 4.79 Å². The Balaban J connectivity index is 2.50. The number of nitrogens with one attached hydrogen (secondary N) is 1. The van der Waals surface area contributed by atoms with Crippen molar-refractivity contribution in [3.63, 3.8) is 0 Å². The van der Waals surface area contributed by atoms with Crippen molar-refractivity contribution in [1.82, 2.24) is 5.32 Å². The van der Waals surface area contributed by atoms with Gasteiger partial charge in [-0.1, -0.05) is 32.9 Å². The third-order valence-electron chi connectivity index (χ3n) is 3.91. The van der Waals surface area contributed by atoms with Gasteiger partial charge in [-0.15, -0.1) is 0 Å². The molecular formula is C18H29NO3. The molecule has 2 unspecified atom stereocenters. The van der Waals surface area contributed by atoms with Crippen LogP contribution in [0.4, 0.5) is 0 Å². The van der Waals surface area contributed by atoms with E-state index in [2.05, 4.69) is 31.3 Å². The first-order valence-electron chi connectivity index (χ1n) is 7.98. The zero-order valence-electron chi connectivity index (χ0n) is 14.3. The number of ether oxygens (including phenoxy) is 1. The van der Waals surface area contributed by atoms with Gasteiger partial charge in [-0.05, 0) is 42.9 Å². The van der Waals surface area contributed by atoms with E-state index in [4.69, 9.17) is 9.84 Å². The van der Waals surface area contributed by atoms with Crippen LogP contribution >= 0.6 is 0 Å². The van der Waals surface area contributed by atoms with Crippen molar-refractivity contribution in [2.24, 2.45) is 5.92 Å². The highest BCUT2D eigenvalue weighted by atomic mass is 16.5. The number of aliphatic hydroxyl groups excluding tert-OH is 1. The smallest absolute Gasteiger partial charge is 0.223 e. The van der Waals surface area contributed by atoms with Crippen LogP contribution in [0.25, 0.3) is 0 Å². The van der Waals surface area contributed by atoms with Crippen LogP contribution in [-0.2, 0) is 4.79 Å². The van der Waals surface area contributed by atoms with Gasteiger partial charge in [0, 0.05) is 12.6 Å². The Morgan fingerprint density at radius 2 is 1.95 bits per heavy atom. The van der Waals surface area contributed by atoms with Crippen LogP contribution in [0, 0.1) is 12.8 Å². The second-order valence-electron chi connectivity index (χ2n) is 6.31. The summed E-state index contributed by atoms with van der Waals surface area (Å²) < 4.78 is 5.81. The molecule has 0 aromatic heterocycles. The lowest BCUT2D eigenvalue weighted by molar-refractivity contribution is -0.122. The van der Waals surface area contributed by atoms with E-state index in [-0.39, 0.29) is 24.5 Å². The third kappa shape index (κ3) is 5.68. The fourth-order valence-electron chi connectivity index (χ4n) is 2.12. The molecule has 1 aromatic rings. The zero-order valence-corrected chi connectivity index (χ0v) is 14.3. The Bertz CT molecular complexity index is 485. The molecule has 1 aromatic carbocycles. The molecule has 0 heterocycles. The van der Waals surface area contributed by atoms with Crippen LogP contribution in [0.3, 0.4) is 0 Å². The lowest BCUT2D eigenvalue weighted by atomic mass is 10.0. The van der Waals surface area contributed by atoms with Crippen LogP contribution in [0.1, 0.15) is 51.2 Å². The number of carbonyl (C=O) groups is 1. The number of hydrogen-bond acceptors (Lipinski definition) is 3. The number of rotatable bonds is 8. The van der Waals surface area contributed by atoms with Gasteiger partial charge in [0.15, 0.2) is 0 Å². The first kappa shape index (κ1) is 18.5. The van der Waals surface area contributed by atoms with Gasteiger partial charge in [-0.2, -0.15) is 0 Å². The highest BCUT2D eigenvalue weighted by molar-refractivity contribution is 5.76. The Hall–Kier alpha value is -1.55. The topological polar surface area (TPSA) is 58.6 Å². The fraction of sp³-hybridized carbons (Fsp3) is 0.611. The lowest BCUT2D eigenvalue weighted by Crippen LogP contribution is -2.38. The van der Waals surface area contributed by atoms with Crippen molar-refractivity contribution in [3.8, 4) is 5.75 Å². The van der Waals surface area contributed by atoms with E-state index in [1.54, 1.807) is 0 Å². The Labute approximate surface area is 133 Å². The molecule has 0 saturated heterocycles. The van der Waals surface area contributed by atoms with Crippen molar-refractivity contribution in [2.75, 3.05) is 13.2 Å². The van der Waals surface area contributed by atoms with Crippen molar-refractivity contribution in [2.45, 2.75) is 53.0 Å². The van der Waals surface area contributed by atoms with E-state index in [0.717, 1.165) is 16.9 Å². The molecule has 22 heavy (non-hydrogen) atoms. The molecule has 0 aliphatic rings. The number of benzene rings is 1.